The molecule has 4 aromatic carbocycles. The van der Waals surface area contributed by atoms with Crippen molar-refractivity contribution in [1.82, 2.24) is 14.7 Å². The Balaban J connectivity index is 1.32. The molecule has 2 fully saturated rings. The normalized spacial score (nSPS) is 18.7. The summed E-state index contributed by atoms with van der Waals surface area (Å²) < 4.78 is 60.7. The van der Waals surface area contributed by atoms with Crippen LogP contribution in [0.2, 0.25) is 5.04 Å². The number of carbonyl (C=O) groups excluding carboxylic acids is 1. The van der Waals surface area contributed by atoms with Gasteiger partial charge in [0.1, 0.15) is 5.75 Å². The number of nitrogens with one attached hydrogen (secondary N) is 1. The van der Waals surface area contributed by atoms with Crippen LogP contribution in [0.15, 0.2) is 97.1 Å². The number of aryl methyl sites for hydroxylation is 1. The molecule has 2 aliphatic heterocycles. The second kappa shape index (κ2) is 18.2. The maximum Gasteiger partial charge on any atom is 0.416 e. The maximum absolute atomic E-state index is 14.3. The average molecular weight is 803 g/mol. The molecule has 0 unspecified atom stereocenters. The zero-order valence-corrected chi connectivity index (χ0v) is 35.1. The van der Waals surface area contributed by atoms with E-state index in [2.05, 4.69) is 110 Å². The third-order valence-electron chi connectivity index (χ3n) is 11.3. The van der Waals surface area contributed by atoms with Gasteiger partial charge in [0.2, 0.25) is 0 Å². The number of halogens is 3. The summed E-state index contributed by atoms with van der Waals surface area (Å²) in [6, 6.07) is 30.5. The van der Waals surface area contributed by atoms with E-state index in [1.54, 1.807) is 19.1 Å². The Labute approximate surface area is 337 Å². The molecule has 0 saturated carbocycles. The molecule has 2 heterocycles. The van der Waals surface area contributed by atoms with E-state index < -0.39 is 26.0 Å². The first kappa shape index (κ1) is 42.4. The Morgan fingerprint density at radius 1 is 0.860 bits per heavy atom. The van der Waals surface area contributed by atoms with Gasteiger partial charge >= 0.3 is 14.5 Å². The SMILES string of the molecule is CNc1cc(C(=O)N2CCN(CCN3CCO[C@H](COC)C3)C[C@H]2Cc2ccc(C)c(O[Si](c3ccccc3)(c3ccccc3)C(C)(C)C)c2)cc(C(F)(F)F)c1. The van der Waals surface area contributed by atoms with Gasteiger partial charge in [-0.05, 0) is 64.1 Å². The Morgan fingerprint density at radius 3 is 2.11 bits per heavy atom. The van der Waals surface area contributed by atoms with Crippen molar-refractivity contribution in [3.8, 4) is 5.75 Å². The minimum atomic E-state index is -4.59. The van der Waals surface area contributed by atoms with Crippen molar-refractivity contribution in [3.05, 3.63) is 119 Å². The van der Waals surface area contributed by atoms with Crippen LogP contribution >= 0.6 is 0 Å². The third-order valence-corrected chi connectivity index (χ3v) is 16.3. The lowest BCUT2D eigenvalue weighted by molar-refractivity contribution is -0.137. The molecule has 8 nitrogen and oxygen atoms in total. The van der Waals surface area contributed by atoms with Crippen LogP contribution in [0.25, 0.3) is 0 Å². The predicted octanol–water partition coefficient (Wildman–Crippen LogP) is 6.71. The van der Waals surface area contributed by atoms with Crippen molar-refractivity contribution in [2.45, 2.75) is 57.5 Å². The smallest absolute Gasteiger partial charge is 0.416 e. The number of hydrogen-bond acceptors (Lipinski definition) is 7. The van der Waals surface area contributed by atoms with E-state index in [9.17, 15) is 18.0 Å². The van der Waals surface area contributed by atoms with E-state index in [1.807, 2.05) is 12.1 Å². The molecule has 0 bridgehead atoms. The van der Waals surface area contributed by atoms with Gasteiger partial charge in [0.05, 0.1) is 24.9 Å². The number of alkyl halides is 3. The lowest BCUT2D eigenvalue weighted by Gasteiger charge is -2.44. The fourth-order valence-corrected chi connectivity index (χ4v) is 12.8. The molecule has 2 atom stereocenters. The summed E-state index contributed by atoms with van der Waals surface area (Å²) in [7, 11) is 0.295. The molecule has 306 valence electrons. The molecule has 6 rings (SSSR count). The number of anilines is 1. The van der Waals surface area contributed by atoms with Crippen LogP contribution in [0.1, 0.15) is 47.8 Å². The van der Waals surface area contributed by atoms with Crippen LogP contribution in [-0.4, -0.2) is 114 Å². The Bertz CT molecular complexity index is 1900. The van der Waals surface area contributed by atoms with Crippen molar-refractivity contribution in [2.24, 2.45) is 0 Å². The highest BCUT2D eigenvalue weighted by Gasteiger charge is 2.52. The summed E-state index contributed by atoms with van der Waals surface area (Å²) in [6.45, 7) is 14.8. The second-order valence-corrected chi connectivity index (χ2v) is 20.5. The number of rotatable bonds is 13. The number of amides is 1. The van der Waals surface area contributed by atoms with E-state index in [0.29, 0.717) is 39.3 Å². The van der Waals surface area contributed by atoms with Crippen LogP contribution in [-0.2, 0) is 22.1 Å². The topological polar surface area (TPSA) is 66.5 Å². The number of piperazine rings is 1. The standard InChI is InChI=1S/C45H57F3N4O4Si/c1-33-17-18-34(26-42(33)56-57(44(2,3)4,40-13-9-7-10-14-40)41-15-11-8-12-16-41)25-38-30-50(19-20-51-23-24-55-39(31-51)32-54-6)21-22-52(38)43(53)35-27-36(45(46,47)48)29-37(28-35)49-5/h7-18,26-29,38-39,49H,19-25,30-32H2,1-6H3/t38-,39+/m1/s1. The van der Waals surface area contributed by atoms with Crippen LogP contribution < -0.4 is 20.1 Å². The van der Waals surface area contributed by atoms with Gasteiger partial charge in [-0.25, -0.2) is 0 Å². The number of benzene rings is 4. The summed E-state index contributed by atoms with van der Waals surface area (Å²) in [6.07, 6.45) is -4.06. The van der Waals surface area contributed by atoms with Gasteiger partial charge in [-0.1, -0.05) is 93.6 Å². The summed E-state index contributed by atoms with van der Waals surface area (Å²) >= 11 is 0. The largest absolute Gasteiger partial charge is 0.534 e. The summed E-state index contributed by atoms with van der Waals surface area (Å²) in [4.78, 5) is 20.9. The van der Waals surface area contributed by atoms with Gasteiger partial charge in [0, 0.05) is 77.3 Å². The number of carbonyl (C=O) groups is 1. The van der Waals surface area contributed by atoms with Crippen LogP contribution in [0.5, 0.6) is 5.75 Å². The molecule has 0 aromatic heterocycles. The minimum absolute atomic E-state index is 0.0183. The van der Waals surface area contributed by atoms with Crippen molar-refractivity contribution >= 4 is 30.3 Å². The zero-order valence-electron chi connectivity index (χ0n) is 34.1. The summed E-state index contributed by atoms with van der Waals surface area (Å²) in [5.74, 6) is 0.385. The molecule has 0 spiro atoms. The Morgan fingerprint density at radius 2 is 1.51 bits per heavy atom. The molecule has 1 N–H and O–H groups in total. The number of methoxy groups -OCH3 is 1. The van der Waals surface area contributed by atoms with Crippen molar-refractivity contribution in [2.75, 3.05) is 78.5 Å². The molecule has 57 heavy (non-hydrogen) atoms. The van der Waals surface area contributed by atoms with Gasteiger partial charge in [0.15, 0.2) is 0 Å². The highest BCUT2D eigenvalue weighted by atomic mass is 28.4. The van der Waals surface area contributed by atoms with E-state index in [4.69, 9.17) is 13.9 Å². The predicted molar refractivity (Wildman–Crippen MR) is 223 cm³/mol. The zero-order chi connectivity index (χ0) is 40.8. The Kier molecular flexibility index (Phi) is 13.5. The maximum atomic E-state index is 14.3. The number of ether oxygens (including phenoxy) is 2. The highest BCUT2D eigenvalue weighted by molar-refractivity contribution is 7.00. The molecular formula is C45H57F3N4O4Si. The van der Waals surface area contributed by atoms with Gasteiger partial charge in [-0.2, -0.15) is 13.2 Å². The van der Waals surface area contributed by atoms with Crippen molar-refractivity contribution < 1.29 is 31.9 Å². The average Bonchev–Trinajstić information content (AvgIpc) is 3.20. The first-order valence-corrected chi connectivity index (χ1v) is 21.8. The molecule has 1 amide bonds. The first-order chi connectivity index (χ1) is 27.2. The molecule has 0 aliphatic carbocycles. The first-order valence-electron chi connectivity index (χ1n) is 19.9. The molecule has 2 saturated heterocycles. The minimum Gasteiger partial charge on any atom is -0.534 e. The summed E-state index contributed by atoms with van der Waals surface area (Å²) in [5.41, 5.74) is 1.40. The number of hydrogen-bond donors (Lipinski definition) is 1. The van der Waals surface area contributed by atoms with Gasteiger partial charge in [-0.3, -0.25) is 14.6 Å². The third kappa shape index (κ3) is 9.92. The molecular weight excluding hydrogens is 746 g/mol. The fourth-order valence-electron chi connectivity index (χ4n) is 8.31. The van der Waals surface area contributed by atoms with Crippen molar-refractivity contribution in [3.63, 3.8) is 0 Å². The van der Waals surface area contributed by atoms with Crippen molar-refractivity contribution in [1.29, 1.82) is 0 Å². The second-order valence-electron chi connectivity index (χ2n) is 16.3. The van der Waals surface area contributed by atoms with Crippen LogP contribution in [0.4, 0.5) is 18.9 Å². The van der Waals surface area contributed by atoms with Crippen LogP contribution in [0.3, 0.4) is 0 Å². The molecule has 0 radical (unpaired) electrons. The molecule has 12 heteroatoms. The van der Waals surface area contributed by atoms with Crippen LogP contribution in [0, 0.1) is 6.92 Å². The number of nitrogens with zero attached hydrogens (tertiary/aromatic N) is 3. The van der Waals surface area contributed by atoms with E-state index in [0.717, 1.165) is 55.2 Å². The molecule has 2 aliphatic rings. The van der Waals surface area contributed by atoms with E-state index in [-0.39, 0.29) is 28.4 Å². The van der Waals surface area contributed by atoms with Gasteiger partial charge < -0.3 is 24.1 Å². The number of morpholine rings is 1. The van der Waals surface area contributed by atoms with Gasteiger partial charge in [0.25, 0.3) is 5.91 Å². The monoisotopic (exact) mass is 802 g/mol. The highest BCUT2D eigenvalue weighted by Crippen LogP contribution is 2.39. The molecule has 4 aromatic rings. The van der Waals surface area contributed by atoms with Gasteiger partial charge in [-0.15, -0.1) is 0 Å². The summed E-state index contributed by atoms with van der Waals surface area (Å²) in [5, 5.41) is 4.90. The lowest BCUT2D eigenvalue weighted by atomic mass is 9.99. The Hall–Kier alpha value is -4.20. The fraction of sp³-hybridized carbons (Fsp3) is 0.444. The van der Waals surface area contributed by atoms with E-state index >= 15 is 0 Å². The quantitative estimate of drug-likeness (QED) is 0.151. The van der Waals surface area contributed by atoms with E-state index in [1.165, 1.54) is 16.4 Å². The lowest BCUT2D eigenvalue weighted by Crippen LogP contribution is -2.68.